The van der Waals surface area contributed by atoms with Crippen LogP contribution in [0.4, 0.5) is 0 Å². The van der Waals surface area contributed by atoms with Crippen LogP contribution in [0.2, 0.25) is 0 Å². The summed E-state index contributed by atoms with van der Waals surface area (Å²) in [4.78, 5) is 11.8. The van der Waals surface area contributed by atoms with E-state index in [2.05, 4.69) is 5.32 Å². The average molecular weight is 325 g/mol. The minimum absolute atomic E-state index is 0.0369. The van der Waals surface area contributed by atoms with E-state index in [1.165, 1.54) is 18.4 Å². The molecule has 1 amide bonds. The Labute approximate surface area is 142 Å². The van der Waals surface area contributed by atoms with Crippen LogP contribution in [0.25, 0.3) is 0 Å². The van der Waals surface area contributed by atoms with E-state index in [0.29, 0.717) is 11.7 Å². The fourth-order valence-electron chi connectivity index (χ4n) is 2.50. The second-order valence-corrected chi connectivity index (χ2v) is 6.37. The van der Waals surface area contributed by atoms with Crippen molar-refractivity contribution in [3.05, 3.63) is 54.1 Å². The number of benzene rings is 2. The van der Waals surface area contributed by atoms with Crippen LogP contribution in [-0.2, 0) is 4.79 Å². The highest BCUT2D eigenvalue weighted by molar-refractivity contribution is 5.77. The Morgan fingerprint density at radius 1 is 1.04 bits per heavy atom. The molecule has 2 aromatic carbocycles. The molecule has 0 aromatic heterocycles. The van der Waals surface area contributed by atoms with E-state index in [4.69, 9.17) is 9.47 Å². The Morgan fingerprint density at radius 3 is 2.17 bits per heavy atom. The molecule has 4 heteroatoms. The average Bonchev–Trinajstić information content (AvgIpc) is 3.41. The van der Waals surface area contributed by atoms with Gasteiger partial charge in [0, 0.05) is 6.04 Å². The Kier molecular flexibility index (Phi) is 5.04. The zero-order valence-electron chi connectivity index (χ0n) is 14.1. The van der Waals surface area contributed by atoms with Crippen LogP contribution < -0.4 is 14.8 Å². The Bertz CT molecular complexity index is 675. The maximum absolute atomic E-state index is 11.8. The molecule has 2 aromatic rings. The molecule has 0 saturated heterocycles. The van der Waals surface area contributed by atoms with Gasteiger partial charge in [0.15, 0.2) is 6.61 Å². The van der Waals surface area contributed by atoms with Gasteiger partial charge in [-0.1, -0.05) is 17.7 Å². The van der Waals surface area contributed by atoms with Gasteiger partial charge in [-0.05, 0) is 69.0 Å². The Balaban J connectivity index is 1.47. The van der Waals surface area contributed by atoms with Crippen molar-refractivity contribution in [2.75, 3.05) is 6.61 Å². The highest BCUT2D eigenvalue weighted by atomic mass is 16.5. The van der Waals surface area contributed by atoms with Gasteiger partial charge in [0.25, 0.3) is 5.91 Å². The van der Waals surface area contributed by atoms with Gasteiger partial charge in [-0.15, -0.1) is 0 Å². The summed E-state index contributed by atoms with van der Waals surface area (Å²) in [6, 6.07) is 15.4. The molecule has 0 bridgehead atoms. The molecule has 1 fully saturated rings. The van der Waals surface area contributed by atoms with Crippen LogP contribution in [-0.4, -0.2) is 18.6 Å². The summed E-state index contributed by atoms with van der Waals surface area (Å²) in [7, 11) is 0. The lowest BCUT2D eigenvalue weighted by atomic mass is 10.2. The topological polar surface area (TPSA) is 47.6 Å². The number of carbonyl (C=O) groups is 1. The summed E-state index contributed by atoms with van der Waals surface area (Å²) < 4.78 is 11.3. The lowest BCUT2D eigenvalue weighted by Crippen LogP contribution is -2.37. The van der Waals surface area contributed by atoms with Crippen LogP contribution >= 0.6 is 0 Å². The summed E-state index contributed by atoms with van der Waals surface area (Å²) in [5, 5.41) is 2.97. The van der Waals surface area contributed by atoms with Crippen molar-refractivity contribution >= 4 is 5.91 Å². The number of hydrogen-bond donors (Lipinski definition) is 1. The fourth-order valence-corrected chi connectivity index (χ4v) is 2.50. The number of carbonyl (C=O) groups excluding carboxylic acids is 1. The number of hydrogen-bond acceptors (Lipinski definition) is 3. The minimum atomic E-state index is -0.0746. The Morgan fingerprint density at radius 2 is 1.58 bits per heavy atom. The molecule has 0 radical (unpaired) electrons. The number of aryl methyl sites for hydroxylation is 1. The molecule has 1 atom stereocenters. The molecular formula is C20H23NO3. The minimum Gasteiger partial charge on any atom is -0.484 e. The largest absolute Gasteiger partial charge is 0.484 e. The molecule has 1 saturated carbocycles. The van der Waals surface area contributed by atoms with Crippen LogP contribution in [0.3, 0.4) is 0 Å². The normalized spacial score (nSPS) is 14.8. The standard InChI is InChI=1S/C20H23NO3/c1-14-3-7-18(8-4-14)24-19-11-9-17(10-12-19)23-13-20(22)21-15(2)16-5-6-16/h3-4,7-12,15-16H,5-6,13H2,1-2H3,(H,21,22). The van der Waals surface area contributed by atoms with E-state index in [1.807, 2.05) is 50.2 Å². The summed E-state index contributed by atoms with van der Waals surface area (Å²) in [5.41, 5.74) is 1.19. The first kappa shape index (κ1) is 16.4. The van der Waals surface area contributed by atoms with Crippen molar-refractivity contribution in [2.45, 2.75) is 32.7 Å². The quantitative estimate of drug-likeness (QED) is 0.834. The number of amides is 1. The second kappa shape index (κ2) is 7.39. The first-order valence-electron chi connectivity index (χ1n) is 8.37. The summed E-state index contributed by atoms with van der Waals surface area (Å²) in [6.07, 6.45) is 2.43. The first-order chi connectivity index (χ1) is 11.6. The third-order valence-electron chi connectivity index (χ3n) is 4.17. The van der Waals surface area contributed by atoms with Crippen LogP contribution in [0.5, 0.6) is 17.2 Å². The van der Waals surface area contributed by atoms with Gasteiger partial charge in [-0.2, -0.15) is 0 Å². The van der Waals surface area contributed by atoms with Crippen molar-refractivity contribution in [2.24, 2.45) is 5.92 Å². The molecule has 0 heterocycles. The summed E-state index contributed by atoms with van der Waals surface area (Å²) in [5.74, 6) is 2.75. The van der Waals surface area contributed by atoms with Crippen LogP contribution in [0.1, 0.15) is 25.3 Å². The van der Waals surface area contributed by atoms with E-state index in [0.717, 1.165) is 11.5 Å². The highest BCUT2D eigenvalue weighted by Crippen LogP contribution is 2.32. The van der Waals surface area contributed by atoms with E-state index < -0.39 is 0 Å². The van der Waals surface area contributed by atoms with Gasteiger partial charge < -0.3 is 14.8 Å². The van der Waals surface area contributed by atoms with Crippen molar-refractivity contribution in [1.82, 2.24) is 5.32 Å². The Hall–Kier alpha value is -2.49. The molecule has 24 heavy (non-hydrogen) atoms. The molecule has 1 aliphatic rings. The second-order valence-electron chi connectivity index (χ2n) is 6.37. The smallest absolute Gasteiger partial charge is 0.258 e. The summed E-state index contributed by atoms with van der Waals surface area (Å²) >= 11 is 0. The predicted octanol–water partition coefficient (Wildman–Crippen LogP) is 4.08. The maximum atomic E-state index is 11.8. The van der Waals surface area contributed by atoms with Crippen molar-refractivity contribution in [3.63, 3.8) is 0 Å². The molecular weight excluding hydrogens is 302 g/mol. The lowest BCUT2D eigenvalue weighted by molar-refractivity contribution is -0.123. The molecule has 1 unspecified atom stereocenters. The zero-order valence-corrected chi connectivity index (χ0v) is 14.1. The summed E-state index contributed by atoms with van der Waals surface area (Å²) in [6.45, 7) is 4.12. The molecule has 1 N–H and O–H groups in total. The van der Waals surface area contributed by atoms with Crippen molar-refractivity contribution in [1.29, 1.82) is 0 Å². The van der Waals surface area contributed by atoms with Gasteiger partial charge in [0.1, 0.15) is 17.2 Å². The first-order valence-corrected chi connectivity index (χ1v) is 8.37. The molecule has 0 aliphatic heterocycles. The van der Waals surface area contributed by atoms with Crippen LogP contribution in [0, 0.1) is 12.8 Å². The van der Waals surface area contributed by atoms with Gasteiger partial charge >= 0.3 is 0 Å². The third-order valence-corrected chi connectivity index (χ3v) is 4.17. The van der Waals surface area contributed by atoms with Crippen LogP contribution in [0.15, 0.2) is 48.5 Å². The van der Waals surface area contributed by atoms with Gasteiger partial charge in [0.05, 0.1) is 0 Å². The molecule has 1 aliphatic carbocycles. The zero-order chi connectivity index (χ0) is 16.9. The van der Waals surface area contributed by atoms with Crippen molar-refractivity contribution in [3.8, 4) is 17.2 Å². The third kappa shape index (κ3) is 4.75. The fraction of sp³-hybridized carbons (Fsp3) is 0.350. The highest BCUT2D eigenvalue weighted by Gasteiger charge is 2.28. The van der Waals surface area contributed by atoms with Crippen molar-refractivity contribution < 1.29 is 14.3 Å². The van der Waals surface area contributed by atoms with E-state index in [1.54, 1.807) is 12.1 Å². The van der Waals surface area contributed by atoms with Gasteiger partial charge in [-0.3, -0.25) is 4.79 Å². The molecule has 126 valence electrons. The van der Waals surface area contributed by atoms with E-state index >= 15 is 0 Å². The SMILES string of the molecule is Cc1ccc(Oc2ccc(OCC(=O)NC(C)C3CC3)cc2)cc1. The molecule has 4 nitrogen and oxygen atoms in total. The molecule has 0 spiro atoms. The number of nitrogens with one attached hydrogen (secondary N) is 1. The van der Waals surface area contributed by atoms with E-state index in [9.17, 15) is 4.79 Å². The number of ether oxygens (including phenoxy) is 2. The lowest BCUT2D eigenvalue weighted by Gasteiger charge is -2.13. The van der Waals surface area contributed by atoms with Gasteiger partial charge in [-0.25, -0.2) is 0 Å². The monoisotopic (exact) mass is 325 g/mol. The maximum Gasteiger partial charge on any atom is 0.258 e. The van der Waals surface area contributed by atoms with Gasteiger partial charge in [0.2, 0.25) is 0 Å². The predicted molar refractivity (Wildman–Crippen MR) is 93.5 cm³/mol. The number of rotatable bonds is 7. The van der Waals surface area contributed by atoms with E-state index in [-0.39, 0.29) is 18.6 Å². The molecule has 3 rings (SSSR count).